The van der Waals surface area contributed by atoms with E-state index in [2.05, 4.69) is 24.1 Å². The van der Waals surface area contributed by atoms with E-state index in [0.29, 0.717) is 0 Å². The van der Waals surface area contributed by atoms with Gasteiger partial charge in [0.15, 0.2) is 0 Å². The molecule has 0 aromatic carbocycles. The maximum Gasteiger partial charge on any atom is 0.323 e. The average molecular weight is 244 g/mol. The fourth-order valence-electron chi connectivity index (χ4n) is 1.52. The number of rotatable bonds is 3. The van der Waals surface area contributed by atoms with Crippen molar-refractivity contribution in [3.63, 3.8) is 0 Å². The fourth-order valence-corrected chi connectivity index (χ4v) is 1.52. The zero-order chi connectivity index (χ0) is 13.5. The number of carbonyl (C=O) groups is 1. The molecule has 2 N–H and O–H groups in total. The van der Waals surface area contributed by atoms with Crippen LogP contribution >= 0.6 is 0 Å². The average Bonchev–Trinajstić information content (AvgIpc) is 2.51. The highest BCUT2D eigenvalue weighted by molar-refractivity contribution is 5.79. The standard InChI is InChI=1S/C15H20N2O/c1-5-14(11(2)3)17-15(18)16-13-8-6-7-12(4)9-10-13/h5-6,8-10H,2,7H2,1,3-4H3,(H2,16,17,18)/b14-5+. The Bertz CT molecular complexity index is 465. The summed E-state index contributed by atoms with van der Waals surface area (Å²) < 4.78 is 0. The first kappa shape index (κ1) is 14.0. The molecule has 0 bridgehead atoms. The van der Waals surface area contributed by atoms with Gasteiger partial charge in [-0.3, -0.25) is 0 Å². The Morgan fingerprint density at radius 1 is 1.44 bits per heavy atom. The van der Waals surface area contributed by atoms with Crippen molar-refractivity contribution >= 4 is 6.03 Å². The highest BCUT2D eigenvalue weighted by Crippen LogP contribution is 2.09. The van der Waals surface area contributed by atoms with Gasteiger partial charge in [-0.05, 0) is 44.9 Å². The van der Waals surface area contributed by atoms with E-state index in [9.17, 15) is 4.79 Å². The molecule has 2 amide bonds. The van der Waals surface area contributed by atoms with E-state index in [-0.39, 0.29) is 6.03 Å². The maximum absolute atomic E-state index is 11.8. The van der Waals surface area contributed by atoms with Crippen LogP contribution in [-0.2, 0) is 0 Å². The Morgan fingerprint density at radius 2 is 2.17 bits per heavy atom. The number of hydrogen-bond donors (Lipinski definition) is 2. The number of nitrogens with one attached hydrogen (secondary N) is 2. The van der Waals surface area contributed by atoms with Crippen molar-refractivity contribution in [2.75, 3.05) is 0 Å². The van der Waals surface area contributed by atoms with E-state index >= 15 is 0 Å². The molecule has 0 aliphatic heterocycles. The number of urea groups is 1. The Kier molecular flexibility index (Phi) is 5.18. The predicted molar refractivity (Wildman–Crippen MR) is 75.8 cm³/mol. The first-order chi connectivity index (χ1) is 8.52. The molecule has 1 rings (SSSR count). The fraction of sp³-hybridized carbons (Fsp3) is 0.267. The molecule has 0 atom stereocenters. The van der Waals surface area contributed by atoms with Gasteiger partial charge in [-0.25, -0.2) is 4.79 Å². The van der Waals surface area contributed by atoms with Gasteiger partial charge in [0, 0.05) is 11.4 Å². The van der Waals surface area contributed by atoms with Gasteiger partial charge in [-0.2, -0.15) is 0 Å². The minimum absolute atomic E-state index is 0.255. The third-order valence-electron chi connectivity index (χ3n) is 2.54. The van der Waals surface area contributed by atoms with E-state index in [4.69, 9.17) is 0 Å². The van der Waals surface area contributed by atoms with E-state index in [1.807, 2.05) is 44.2 Å². The maximum atomic E-state index is 11.8. The second kappa shape index (κ2) is 6.64. The van der Waals surface area contributed by atoms with Crippen molar-refractivity contribution in [1.29, 1.82) is 0 Å². The summed E-state index contributed by atoms with van der Waals surface area (Å²) >= 11 is 0. The molecule has 0 fully saturated rings. The summed E-state index contributed by atoms with van der Waals surface area (Å²) in [5.41, 5.74) is 3.60. The SMILES string of the molecule is C=C(C)/C(=C\C)NC(=O)NC1=CC=C(C)CC=C1. The summed E-state index contributed by atoms with van der Waals surface area (Å²) in [6.45, 7) is 9.58. The minimum Gasteiger partial charge on any atom is -0.308 e. The lowest BCUT2D eigenvalue weighted by molar-refractivity contribution is 0.246. The number of allylic oxidation sites excluding steroid dienone is 7. The second-order valence-electron chi connectivity index (χ2n) is 4.30. The topological polar surface area (TPSA) is 41.1 Å². The summed E-state index contributed by atoms with van der Waals surface area (Å²) in [6, 6.07) is -0.255. The summed E-state index contributed by atoms with van der Waals surface area (Å²) in [7, 11) is 0. The van der Waals surface area contributed by atoms with Crippen LogP contribution in [0.3, 0.4) is 0 Å². The third-order valence-corrected chi connectivity index (χ3v) is 2.54. The number of hydrogen-bond acceptors (Lipinski definition) is 1. The Hall–Kier alpha value is -2.03. The van der Waals surface area contributed by atoms with Crippen molar-refractivity contribution in [1.82, 2.24) is 10.6 Å². The lowest BCUT2D eigenvalue weighted by Crippen LogP contribution is -2.34. The van der Waals surface area contributed by atoms with Crippen LogP contribution in [0, 0.1) is 0 Å². The Balaban J connectivity index is 2.63. The third kappa shape index (κ3) is 4.45. The minimum atomic E-state index is -0.255. The van der Waals surface area contributed by atoms with Crippen LogP contribution in [0.5, 0.6) is 0 Å². The number of amides is 2. The lowest BCUT2D eigenvalue weighted by Gasteiger charge is -2.10. The van der Waals surface area contributed by atoms with Crippen LogP contribution in [0.4, 0.5) is 4.79 Å². The summed E-state index contributed by atoms with van der Waals surface area (Å²) in [6.07, 6.45) is 10.6. The zero-order valence-electron chi connectivity index (χ0n) is 11.2. The van der Waals surface area contributed by atoms with Crippen LogP contribution in [0.1, 0.15) is 27.2 Å². The molecule has 0 heterocycles. The van der Waals surface area contributed by atoms with Gasteiger partial charge in [0.1, 0.15) is 0 Å². The molecule has 1 aliphatic carbocycles. The molecule has 0 aromatic rings. The van der Waals surface area contributed by atoms with Gasteiger partial charge in [0.25, 0.3) is 0 Å². The van der Waals surface area contributed by atoms with Crippen LogP contribution in [0.25, 0.3) is 0 Å². The smallest absolute Gasteiger partial charge is 0.308 e. The van der Waals surface area contributed by atoms with Crippen molar-refractivity contribution in [2.45, 2.75) is 27.2 Å². The largest absolute Gasteiger partial charge is 0.323 e. The molecule has 0 saturated carbocycles. The van der Waals surface area contributed by atoms with Crippen molar-refractivity contribution in [3.8, 4) is 0 Å². The first-order valence-corrected chi connectivity index (χ1v) is 5.97. The first-order valence-electron chi connectivity index (χ1n) is 5.97. The van der Waals surface area contributed by atoms with Crippen LogP contribution in [-0.4, -0.2) is 6.03 Å². The summed E-state index contributed by atoms with van der Waals surface area (Å²) in [5.74, 6) is 0. The van der Waals surface area contributed by atoms with Crippen molar-refractivity contribution in [2.24, 2.45) is 0 Å². The Morgan fingerprint density at radius 3 is 2.78 bits per heavy atom. The van der Waals surface area contributed by atoms with E-state index in [0.717, 1.165) is 23.4 Å². The molecule has 0 radical (unpaired) electrons. The molecule has 1 aliphatic rings. The van der Waals surface area contributed by atoms with Gasteiger partial charge in [-0.1, -0.05) is 30.4 Å². The molecular weight excluding hydrogens is 224 g/mol. The van der Waals surface area contributed by atoms with Crippen LogP contribution < -0.4 is 10.6 Å². The van der Waals surface area contributed by atoms with Gasteiger partial charge in [-0.15, -0.1) is 0 Å². The van der Waals surface area contributed by atoms with E-state index < -0.39 is 0 Å². The number of carbonyl (C=O) groups excluding carboxylic acids is 1. The van der Waals surface area contributed by atoms with Crippen molar-refractivity contribution < 1.29 is 4.79 Å². The molecule has 3 nitrogen and oxygen atoms in total. The summed E-state index contributed by atoms with van der Waals surface area (Å²) in [5, 5.41) is 5.56. The molecule has 18 heavy (non-hydrogen) atoms. The van der Waals surface area contributed by atoms with Gasteiger partial charge >= 0.3 is 6.03 Å². The monoisotopic (exact) mass is 244 g/mol. The highest BCUT2D eigenvalue weighted by atomic mass is 16.2. The molecule has 0 unspecified atom stereocenters. The normalized spacial score (nSPS) is 15.4. The summed E-state index contributed by atoms with van der Waals surface area (Å²) in [4.78, 5) is 11.8. The van der Waals surface area contributed by atoms with Gasteiger partial charge in [0.2, 0.25) is 0 Å². The molecule has 0 aromatic heterocycles. The Labute approximate surface area is 109 Å². The molecule has 96 valence electrons. The molecule has 0 spiro atoms. The van der Waals surface area contributed by atoms with Crippen molar-refractivity contribution in [3.05, 3.63) is 59.5 Å². The van der Waals surface area contributed by atoms with E-state index in [1.54, 1.807) is 0 Å². The lowest BCUT2D eigenvalue weighted by atomic mass is 10.2. The molecule has 3 heteroatoms. The molecule has 0 saturated heterocycles. The zero-order valence-corrected chi connectivity index (χ0v) is 11.2. The van der Waals surface area contributed by atoms with Gasteiger partial charge in [0.05, 0.1) is 0 Å². The van der Waals surface area contributed by atoms with Crippen LogP contribution in [0.15, 0.2) is 59.5 Å². The quantitative estimate of drug-likeness (QED) is 0.732. The second-order valence-corrected chi connectivity index (χ2v) is 4.30. The molecular formula is C15H20N2O. The predicted octanol–water partition coefficient (Wildman–Crippen LogP) is 3.56. The van der Waals surface area contributed by atoms with Crippen LogP contribution in [0.2, 0.25) is 0 Å². The van der Waals surface area contributed by atoms with E-state index in [1.165, 1.54) is 5.57 Å². The van der Waals surface area contributed by atoms with Gasteiger partial charge < -0.3 is 10.6 Å². The highest BCUT2D eigenvalue weighted by Gasteiger charge is 2.05.